The maximum atomic E-state index is 11.0. The minimum Gasteiger partial charge on any atom is -0.450 e. The molecule has 15 heavy (non-hydrogen) atoms. The number of rotatable bonds is 4. The maximum Gasteiger partial charge on any atom is 0.411 e. The van der Waals surface area contributed by atoms with E-state index in [4.69, 9.17) is 9.84 Å². The van der Waals surface area contributed by atoms with Crippen molar-refractivity contribution < 1.29 is 14.6 Å². The zero-order chi connectivity index (χ0) is 11.1. The average molecular weight is 209 g/mol. The Hall–Kier alpha value is -1.55. The number of anilines is 1. The van der Waals surface area contributed by atoms with Gasteiger partial charge in [0.25, 0.3) is 0 Å². The first-order valence-corrected chi connectivity index (χ1v) is 4.90. The lowest BCUT2D eigenvalue weighted by atomic mass is 10.1. The fourth-order valence-corrected chi connectivity index (χ4v) is 1.17. The minimum atomic E-state index is -0.451. The summed E-state index contributed by atoms with van der Waals surface area (Å²) in [5, 5.41) is 11.3. The second kappa shape index (κ2) is 6.03. The maximum absolute atomic E-state index is 11.0. The van der Waals surface area contributed by atoms with Crippen LogP contribution in [0, 0.1) is 0 Å². The standard InChI is InChI=1S/C11H15NO3/c1-2-15-11(14)12-10-5-3-9(4-6-10)7-8-13/h3-6,13H,2,7-8H2,1H3,(H,12,14). The Morgan fingerprint density at radius 1 is 1.40 bits per heavy atom. The Kier molecular flexibility index (Phi) is 4.63. The molecule has 1 aromatic carbocycles. The first-order valence-electron chi connectivity index (χ1n) is 4.90. The van der Waals surface area contributed by atoms with Crippen LogP contribution in [0.5, 0.6) is 0 Å². The Balaban J connectivity index is 2.52. The second-order valence-corrected chi connectivity index (χ2v) is 3.02. The lowest BCUT2D eigenvalue weighted by Crippen LogP contribution is -2.13. The van der Waals surface area contributed by atoms with Crippen LogP contribution in [0.25, 0.3) is 0 Å². The number of carbonyl (C=O) groups excluding carboxylic acids is 1. The highest BCUT2D eigenvalue weighted by molar-refractivity contribution is 5.84. The number of benzene rings is 1. The molecule has 0 aromatic heterocycles. The molecule has 0 saturated carbocycles. The largest absolute Gasteiger partial charge is 0.450 e. The number of hydrogen-bond donors (Lipinski definition) is 2. The molecule has 0 aliphatic heterocycles. The molecule has 0 unspecified atom stereocenters. The summed E-state index contributed by atoms with van der Waals surface area (Å²) in [4.78, 5) is 11.0. The van der Waals surface area contributed by atoms with Crippen LogP contribution < -0.4 is 5.32 Å². The molecule has 2 N–H and O–H groups in total. The van der Waals surface area contributed by atoms with E-state index in [1.54, 1.807) is 19.1 Å². The molecule has 0 radical (unpaired) electrons. The smallest absolute Gasteiger partial charge is 0.411 e. The number of ether oxygens (including phenoxy) is 1. The summed E-state index contributed by atoms with van der Waals surface area (Å²) in [7, 11) is 0. The fraction of sp³-hybridized carbons (Fsp3) is 0.364. The highest BCUT2D eigenvalue weighted by atomic mass is 16.5. The van der Waals surface area contributed by atoms with Crippen molar-refractivity contribution in [3.63, 3.8) is 0 Å². The Labute approximate surface area is 88.9 Å². The molecular formula is C11H15NO3. The van der Waals surface area contributed by atoms with Crippen LogP contribution in [-0.2, 0) is 11.2 Å². The van der Waals surface area contributed by atoms with Gasteiger partial charge in [-0.1, -0.05) is 12.1 Å². The number of aliphatic hydroxyl groups is 1. The number of amides is 1. The van der Waals surface area contributed by atoms with Crippen LogP contribution in [0.2, 0.25) is 0 Å². The third-order valence-corrected chi connectivity index (χ3v) is 1.88. The van der Waals surface area contributed by atoms with Crippen LogP contribution in [0.15, 0.2) is 24.3 Å². The molecule has 4 heteroatoms. The van der Waals surface area contributed by atoms with Crippen LogP contribution in [0.4, 0.5) is 10.5 Å². The van der Waals surface area contributed by atoms with E-state index < -0.39 is 6.09 Å². The van der Waals surface area contributed by atoms with Crippen molar-refractivity contribution in [2.75, 3.05) is 18.5 Å². The molecular weight excluding hydrogens is 194 g/mol. The normalized spacial score (nSPS) is 9.73. The Morgan fingerprint density at radius 3 is 2.60 bits per heavy atom. The topological polar surface area (TPSA) is 58.6 Å². The van der Waals surface area contributed by atoms with Crippen molar-refractivity contribution in [1.82, 2.24) is 0 Å². The minimum absolute atomic E-state index is 0.130. The molecule has 1 amide bonds. The molecule has 0 atom stereocenters. The van der Waals surface area contributed by atoms with Gasteiger partial charge < -0.3 is 9.84 Å². The summed E-state index contributed by atoms with van der Waals surface area (Å²) in [6.07, 6.45) is 0.173. The van der Waals surface area contributed by atoms with Gasteiger partial charge in [0.05, 0.1) is 6.61 Å². The van der Waals surface area contributed by atoms with Crippen molar-refractivity contribution in [3.05, 3.63) is 29.8 Å². The lowest BCUT2D eigenvalue weighted by molar-refractivity contribution is 0.168. The van der Waals surface area contributed by atoms with Gasteiger partial charge >= 0.3 is 6.09 Å². The molecule has 1 aromatic rings. The van der Waals surface area contributed by atoms with Gasteiger partial charge in [0.15, 0.2) is 0 Å². The molecule has 0 heterocycles. The summed E-state index contributed by atoms with van der Waals surface area (Å²) < 4.78 is 4.73. The number of hydrogen-bond acceptors (Lipinski definition) is 3. The number of aliphatic hydroxyl groups excluding tert-OH is 1. The van der Waals surface area contributed by atoms with Crippen molar-refractivity contribution in [1.29, 1.82) is 0 Å². The highest BCUT2D eigenvalue weighted by Gasteiger charge is 2.00. The molecule has 0 bridgehead atoms. The van der Waals surface area contributed by atoms with Crippen LogP contribution >= 0.6 is 0 Å². The van der Waals surface area contributed by atoms with Crippen LogP contribution in [0.3, 0.4) is 0 Å². The summed E-state index contributed by atoms with van der Waals surface area (Å²) in [6, 6.07) is 7.28. The van der Waals surface area contributed by atoms with Crippen molar-refractivity contribution in [2.45, 2.75) is 13.3 Å². The quantitative estimate of drug-likeness (QED) is 0.794. The van der Waals surface area contributed by atoms with Crippen LogP contribution in [0.1, 0.15) is 12.5 Å². The first kappa shape index (κ1) is 11.5. The van der Waals surface area contributed by atoms with E-state index in [0.29, 0.717) is 18.7 Å². The van der Waals surface area contributed by atoms with Gasteiger partial charge in [0, 0.05) is 12.3 Å². The van der Waals surface area contributed by atoms with E-state index in [2.05, 4.69) is 5.32 Å². The van der Waals surface area contributed by atoms with E-state index in [-0.39, 0.29) is 6.61 Å². The number of nitrogens with one attached hydrogen (secondary N) is 1. The molecule has 1 rings (SSSR count). The predicted molar refractivity (Wildman–Crippen MR) is 57.9 cm³/mol. The molecule has 4 nitrogen and oxygen atoms in total. The molecule has 0 spiro atoms. The van der Waals surface area contributed by atoms with Gasteiger partial charge in [-0.2, -0.15) is 0 Å². The van der Waals surface area contributed by atoms with E-state index in [9.17, 15) is 4.79 Å². The summed E-state index contributed by atoms with van der Waals surface area (Å²) in [6.45, 7) is 2.24. The van der Waals surface area contributed by atoms with E-state index in [0.717, 1.165) is 5.56 Å². The van der Waals surface area contributed by atoms with Gasteiger partial charge in [-0.3, -0.25) is 5.32 Å². The van der Waals surface area contributed by atoms with Gasteiger partial charge in [-0.25, -0.2) is 4.79 Å². The summed E-state index contributed by atoms with van der Waals surface area (Å²) >= 11 is 0. The zero-order valence-electron chi connectivity index (χ0n) is 8.69. The van der Waals surface area contributed by atoms with Gasteiger partial charge in [-0.15, -0.1) is 0 Å². The molecule has 82 valence electrons. The summed E-state index contributed by atoms with van der Waals surface area (Å²) in [5.41, 5.74) is 1.72. The highest BCUT2D eigenvalue weighted by Crippen LogP contribution is 2.10. The predicted octanol–water partition coefficient (Wildman–Crippen LogP) is 1.79. The molecule has 0 saturated heterocycles. The monoisotopic (exact) mass is 209 g/mol. The Bertz CT molecular complexity index is 308. The van der Waals surface area contributed by atoms with E-state index in [1.165, 1.54) is 0 Å². The SMILES string of the molecule is CCOC(=O)Nc1ccc(CCO)cc1. The lowest BCUT2D eigenvalue weighted by Gasteiger charge is -2.05. The van der Waals surface area contributed by atoms with Gasteiger partial charge in [0.2, 0.25) is 0 Å². The van der Waals surface area contributed by atoms with Gasteiger partial charge in [0.1, 0.15) is 0 Å². The van der Waals surface area contributed by atoms with E-state index in [1.807, 2.05) is 12.1 Å². The van der Waals surface area contributed by atoms with Crippen molar-refractivity contribution in [2.24, 2.45) is 0 Å². The van der Waals surface area contributed by atoms with Crippen LogP contribution in [-0.4, -0.2) is 24.4 Å². The third-order valence-electron chi connectivity index (χ3n) is 1.88. The second-order valence-electron chi connectivity index (χ2n) is 3.02. The van der Waals surface area contributed by atoms with Crippen molar-refractivity contribution in [3.8, 4) is 0 Å². The van der Waals surface area contributed by atoms with Crippen molar-refractivity contribution >= 4 is 11.8 Å². The molecule has 0 aliphatic rings. The molecule has 0 fully saturated rings. The fourth-order valence-electron chi connectivity index (χ4n) is 1.17. The average Bonchev–Trinajstić information content (AvgIpc) is 2.22. The summed E-state index contributed by atoms with van der Waals surface area (Å²) in [5.74, 6) is 0. The molecule has 0 aliphatic carbocycles. The number of carbonyl (C=O) groups is 1. The van der Waals surface area contributed by atoms with E-state index >= 15 is 0 Å². The third kappa shape index (κ3) is 3.99. The Morgan fingerprint density at radius 2 is 2.07 bits per heavy atom. The zero-order valence-corrected chi connectivity index (χ0v) is 8.69. The van der Waals surface area contributed by atoms with Gasteiger partial charge in [-0.05, 0) is 31.0 Å². The first-order chi connectivity index (χ1) is 7.26.